The van der Waals surface area contributed by atoms with Gasteiger partial charge in [-0.05, 0) is 18.6 Å². The summed E-state index contributed by atoms with van der Waals surface area (Å²) in [4.78, 5) is 2.75. The van der Waals surface area contributed by atoms with Crippen LogP contribution in [0.4, 0.5) is 5.69 Å². The molecule has 1 aromatic carbocycles. The van der Waals surface area contributed by atoms with Crippen LogP contribution in [0, 0.1) is 0 Å². The molecule has 0 aliphatic carbocycles. The molecule has 0 saturated carbocycles. The number of thiocarbonyl (C=S) groups is 1. The number of hydrogen-bond acceptors (Lipinski definition) is 3. The number of benzene rings is 1. The van der Waals surface area contributed by atoms with Crippen LogP contribution in [0.5, 0.6) is 0 Å². The average Bonchev–Trinajstić information content (AvgIpc) is 2.57. The molecule has 0 aromatic heterocycles. The molecule has 0 spiro atoms. The highest BCUT2D eigenvalue weighted by Crippen LogP contribution is 2.21. The molecule has 1 aromatic rings. The first-order valence-corrected chi connectivity index (χ1v) is 5.91. The lowest BCUT2D eigenvalue weighted by Crippen LogP contribution is -2.28. The van der Waals surface area contributed by atoms with Gasteiger partial charge in [-0.2, -0.15) is 0 Å². The molecule has 2 rings (SSSR count). The second-order valence-corrected chi connectivity index (χ2v) is 4.27. The van der Waals surface area contributed by atoms with Crippen molar-refractivity contribution in [1.82, 2.24) is 0 Å². The van der Waals surface area contributed by atoms with Gasteiger partial charge in [0.05, 0.1) is 6.61 Å². The molecule has 0 atom stereocenters. The SMILES string of the molecule is NC(=S)c1ccccc1N1CCCOCC1. The summed E-state index contributed by atoms with van der Waals surface area (Å²) >= 11 is 5.07. The van der Waals surface area contributed by atoms with Crippen molar-refractivity contribution in [2.24, 2.45) is 5.73 Å². The van der Waals surface area contributed by atoms with Gasteiger partial charge < -0.3 is 15.4 Å². The maximum absolute atomic E-state index is 5.73. The van der Waals surface area contributed by atoms with E-state index >= 15 is 0 Å². The van der Waals surface area contributed by atoms with Gasteiger partial charge in [-0.1, -0.05) is 24.4 Å². The summed E-state index contributed by atoms with van der Waals surface area (Å²) in [6.45, 7) is 3.51. The Labute approximate surface area is 101 Å². The van der Waals surface area contributed by atoms with E-state index in [1.54, 1.807) is 0 Å². The van der Waals surface area contributed by atoms with Crippen molar-refractivity contribution >= 4 is 22.9 Å². The van der Waals surface area contributed by atoms with E-state index in [1.165, 1.54) is 0 Å². The third-order valence-electron chi connectivity index (χ3n) is 2.73. The highest BCUT2D eigenvalue weighted by molar-refractivity contribution is 7.80. The first-order chi connectivity index (χ1) is 7.79. The summed E-state index contributed by atoms with van der Waals surface area (Å²) in [5.41, 5.74) is 7.82. The van der Waals surface area contributed by atoms with E-state index in [-0.39, 0.29) is 0 Å². The first kappa shape index (κ1) is 11.4. The van der Waals surface area contributed by atoms with Crippen LogP contribution in [0.1, 0.15) is 12.0 Å². The molecule has 0 amide bonds. The topological polar surface area (TPSA) is 38.5 Å². The van der Waals surface area contributed by atoms with Gasteiger partial charge in [-0.15, -0.1) is 0 Å². The zero-order valence-corrected chi connectivity index (χ0v) is 10.0. The first-order valence-electron chi connectivity index (χ1n) is 5.50. The zero-order chi connectivity index (χ0) is 11.4. The zero-order valence-electron chi connectivity index (χ0n) is 9.19. The van der Waals surface area contributed by atoms with Crippen molar-refractivity contribution < 1.29 is 4.74 Å². The summed E-state index contributed by atoms with van der Waals surface area (Å²) in [5, 5.41) is 0. The fraction of sp³-hybridized carbons (Fsp3) is 0.417. The van der Waals surface area contributed by atoms with Crippen LogP contribution in [0.25, 0.3) is 0 Å². The van der Waals surface area contributed by atoms with Crippen LogP contribution in [0.15, 0.2) is 24.3 Å². The molecule has 1 aliphatic rings. The molecule has 86 valence electrons. The molecule has 0 bridgehead atoms. The van der Waals surface area contributed by atoms with Crippen LogP contribution in [-0.2, 0) is 4.74 Å². The van der Waals surface area contributed by atoms with E-state index in [9.17, 15) is 0 Å². The number of nitrogens with two attached hydrogens (primary N) is 1. The minimum absolute atomic E-state index is 0.459. The summed E-state index contributed by atoms with van der Waals surface area (Å²) < 4.78 is 5.44. The number of rotatable bonds is 2. The van der Waals surface area contributed by atoms with Gasteiger partial charge in [-0.25, -0.2) is 0 Å². The summed E-state index contributed by atoms with van der Waals surface area (Å²) in [5.74, 6) is 0. The maximum Gasteiger partial charge on any atom is 0.106 e. The fourth-order valence-corrected chi connectivity index (χ4v) is 2.12. The third-order valence-corrected chi connectivity index (χ3v) is 2.95. The number of nitrogens with zero attached hydrogens (tertiary/aromatic N) is 1. The lowest BCUT2D eigenvalue weighted by Gasteiger charge is -2.24. The van der Waals surface area contributed by atoms with Crippen molar-refractivity contribution in [2.75, 3.05) is 31.2 Å². The standard InChI is InChI=1S/C12H16N2OS/c13-12(16)10-4-1-2-5-11(10)14-6-3-8-15-9-7-14/h1-2,4-5H,3,6-9H2,(H2,13,16). The number of ether oxygens (including phenoxy) is 1. The predicted molar refractivity (Wildman–Crippen MR) is 70.0 cm³/mol. The Bertz CT molecular complexity index is 373. The smallest absolute Gasteiger partial charge is 0.106 e. The molecule has 16 heavy (non-hydrogen) atoms. The van der Waals surface area contributed by atoms with E-state index in [2.05, 4.69) is 11.0 Å². The van der Waals surface area contributed by atoms with E-state index in [0.29, 0.717) is 4.99 Å². The summed E-state index contributed by atoms with van der Waals surface area (Å²) in [6, 6.07) is 8.03. The molecule has 0 unspecified atom stereocenters. The minimum Gasteiger partial charge on any atom is -0.389 e. The van der Waals surface area contributed by atoms with Gasteiger partial charge in [0.15, 0.2) is 0 Å². The molecule has 1 heterocycles. The highest BCUT2D eigenvalue weighted by Gasteiger charge is 2.14. The normalized spacial score (nSPS) is 16.9. The van der Waals surface area contributed by atoms with Gasteiger partial charge in [0.2, 0.25) is 0 Å². The van der Waals surface area contributed by atoms with Crippen molar-refractivity contribution in [1.29, 1.82) is 0 Å². The lowest BCUT2D eigenvalue weighted by molar-refractivity contribution is 0.152. The molecular weight excluding hydrogens is 220 g/mol. The summed E-state index contributed by atoms with van der Waals surface area (Å²) in [7, 11) is 0. The second-order valence-electron chi connectivity index (χ2n) is 3.83. The Balaban J connectivity index is 2.27. The van der Waals surface area contributed by atoms with Crippen molar-refractivity contribution in [2.45, 2.75) is 6.42 Å². The molecule has 3 nitrogen and oxygen atoms in total. The fourth-order valence-electron chi connectivity index (χ4n) is 1.94. The molecular formula is C12H16N2OS. The van der Waals surface area contributed by atoms with Gasteiger partial charge in [0, 0.05) is 30.9 Å². The monoisotopic (exact) mass is 236 g/mol. The quantitative estimate of drug-likeness (QED) is 0.791. The van der Waals surface area contributed by atoms with Crippen LogP contribution in [-0.4, -0.2) is 31.3 Å². The van der Waals surface area contributed by atoms with E-state index in [0.717, 1.165) is 44.0 Å². The van der Waals surface area contributed by atoms with Crippen molar-refractivity contribution in [3.05, 3.63) is 29.8 Å². The second kappa shape index (κ2) is 5.27. The van der Waals surface area contributed by atoms with E-state index in [4.69, 9.17) is 22.7 Å². The molecule has 1 fully saturated rings. The Kier molecular flexibility index (Phi) is 3.74. The van der Waals surface area contributed by atoms with Crippen LogP contribution in [0.2, 0.25) is 0 Å². The number of hydrogen-bond donors (Lipinski definition) is 1. The van der Waals surface area contributed by atoms with Gasteiger partial charge in [0.1, 0.15) is 4.99 Å². The average molecular weight is 236 g/mol. The number of para-hydroxylation sites is 1. The van der Waals surface area contributed by atoms with Gasteiger partial charge in [-0.3, -0.25) is 0 Å². The van der Waals surface area contributed by atoms with Crippen LogP contribution in [0.3, 0.4) is 0 Å². The van der Waals surface area contributed by atoms with Crippen LogP contribution >= 0.6 is 12.2 Å². The van der Waals surface area contributed by atoms with Gasteiger partial charge >= 0.3 is 0 Å². The van der Waals surface area contributed by atoms with E-state index < -0.39 is 0 Å². The Morgan fingerprint density at radius 3 is 2.88 bits per heavy atom. The minimum atomic E-state index is 0.459. The largest absolute Gasteiger partial charge is 0.389 e. The third kappa shape index (κ3) is 2.51. The molecule has 4 heteroatoms. The molecule has 1 saturated heterocycles. The highest BCUT2D eigenvalue weighted by atomic mass is 32.1. The lowest BCUT2D eigenvalue weighted by atomic mass is 10.1. The molecule has 0 radical (unpaired) electrons. The van der Waals surface area contributed by atoms with Crippen molar-refractivity contribution in [3.8, 4) is 0 Å². The Morgan fingerprint density at radius 1 is 1.25 bits per heavy atom. The Morgan fingerprint density at radius 2 is 2.06 bits per heavy atom. The van der Waals surface area contributed by atoms with Gasteiger partial charge in [0.25, 0.3) is 0 Å². The Hall–Kier alpha value is -1.13. The number of anilines is 1. The molecule has 1 aliphatic heterocycles. The summed E-state index contributed by atoms with van der Waals surface area (Å²) in [6.07, 6.45) is 1.05. The van der Waals surface area contributed by atoms with Crippen LogP contribution < -0.4 is 10.6 Å². The van der Waals surface area contributed by atoms with E-state index in [1.807, 2.05) is 18.2 Å². The molecule has 2 N–H and O–H groups in total. The predicted octanol–water partition coefficient (Wildman–Crippen LogP) is 1.55. The maximum atomic E-state index is 5.73. The van der Waals surface area contributed by atoms with Crippen molar-refractivity contribution in [3.63, 3.8) is 0 Å².